The summed E-state index contributed by atoms with van der Waals surface area (Å²) >= 11 is 0. The van der Waals surface area contributed by atoms with Crippen LogP contribution in [0.3, 0.4) is 0 Å². The minimum Gasteiger partial charge on any atom is -0.491 e. The first kappa shape index (κ1) is 17.8. The van der Waals surface area contributed by atoms with Crippen molar-refractivity contribution in [3.05, 3.63) is 24.3 Å². The molecular formula is C19H30N2O2. The number of benzene rings is 1. The van der Waals surface area contributed by atoms with Gasteiger partial charge in [-0.15, -0.1) is 0 Å². The van der Waals surface area contributed by atoms with Gasteiger partial charge in [-0.2, -0.15) is 0 Å². The average molecular weight is 318 g/mol. The van der Waals surface area contributed by atoms with Crippen molar-refractivity contribution >= 4 is 11.6 Å². The van der Waals surface area contributed by atoms with Gasteiger partial charge < -0.3 is 15.4 Å². The number of carbonyl (C=O) groups is 1. The summed E-state index contributed by atoms with van der Waals surface area (Å²) < 4.78 is 5.75. The normalized spacial score (nSPS) is 18.2. The van der Waals surface area contributed by atoms with Gasteiger partial charge in [-0.1, -0.05) is 13.8 Å². The molecule has 1 heterocycles. The summed E-state index contributed by atoms with van der Waals surface area (Å²) in [5.41, 5.74) is 0.837. The third-order valence-corrected chi connectivity index (χ3v) is 4.75. The van der Waals surface area contributed by atoms with Gasteiger partial charge in [-0.3, -0.25) is 4.79 Å². The van der Waals surface area contributed by atoms with Crippen molar-refractivity contribution in [3.63, 3.8) is 0 Å². The van der Waals surface area contributed by atoms with Gasteiger partial charge >= 0.3 is 0 Å². The largest absolute Gasteiger partial charge is 0.491 e. The monoisotopic (exact) mass is 318 g/mol. The Labute approximate surface area is 140 Å². The van der Waals surface area contributed by atoms with E-state index in [9.17, 15) is 4.79 Å². The zero-order valence-electron chi connectivity index (χ0n) is 14.6. The zero-order chi connectivity index (χ0) is 16.7. The van der Waals surface area contributed by atoms with E-state index in [0.717, 1.165) is 30.9 Å². The fraction of sp³-hybridized carbons (Fsp3) is 0.632. The Morgan fingerprint density at radius 2 is 1.91 bits per heavy atom. The second kappa shape index (κ2) is 8.92. The van der Waals surface area contributed by atoms with Crippen LogP contribution in [0.4, 0.5) is 5.69 Å². The molecule has 1 fully saturated rings. The first-order valence-electron chi connectivity index (χ1n) is 8.85. The lowest BCUT2D eigenvalue weighted by Gasteiger charge is -2.27. The Hall–Kier alpha value is -1.55. The highest BCUT2D eigenvalue weighted by Crippen LogP contribution is 2.25. The summed E-state index contributed by atoms with van der Waals surface area (Å²) in [6.07, 6.45) is 4.14. The summed E-state index contributed by atoms with van der Waals surface area (Å²) in [6.45, 7) is 8.50. The standard InChI is InChI=1S/C19H30N2O2/c1-4-15(3)23-18-7-5-17(6-8-18)21-19(22)13-14(2)16-9-11-20-12-10-16/h5-8,14-16,20H,4,9-13H2,1-3H3,(H,21,22). The molecule has 1 aliphatic rings. The van der Waals surface area contributed by atoms with Crippen molar-refractivity contribution in [1.29, 1.82) is 0 Å². The smallest absolute Gasteiger partial charge is 0.224 e. The van der Waals surface area contributed by atoms with E-state index >= 15 is 0 Å². The van der Waals surface area contributed by atoms with E-state index in [1.165, 1.54) is 12.8 Å². The van der Waals surface area contributed by atoms with Crippen LogP contribution in [0.15, 0.2) is 24.3 Å². The highest BCUT2D eigenvalue weighted by atomic mass is 16.5. The molecule has 2 rings (SSSR count). The highest BCUT2D eigenvalue weighted by Gasteiger charge is 2.22. The quantitative estimate of drug-likeness (QED) is 0.803. The van der Waals surface area contributed by atoms with E-state index < -0.39 is 0 Å². The number of anilines is 1. The number of piperidine rings is 1. The molecule has 4 nitrogen and oxygen atoms in total. The van der Waals surface area contributed by atoms with Crippen LogP contribution in [-0.2, 0) is 4.79 Å². The SMILES string of the molecule is CCC(C)Oc1ccc(NC(=O)CC(C)C2CCNCC2)cc1. The molecule has 1 aromatic rings. The molecule has 0 bridgehead atoms. The maximum atomic E-state index is 12.2. The Kier molecular flexibility index (Phi) is 6.90. The molecule has 0 radical (unpaired) electrons. The fourth-order valence-electron chi connectivity index (χ4n) is 3.02. The maximum absolute atomic E-state index is 12.2. The topological polar surface area (TPSA) is 50.4 Å². The van der Waals surface area contributed by atoms with Gasteiger partial charge in [0.1, 0.15) is 5.75 Å². The molecule has 4 heteroatoms. The fourth-order valence-corrected chi connectivity index (χ4v) is 3.02. The van der Waals surface area contributed by atoms with Crippen molar-refractivity contribution < 1.29 is 9.53 Å². The average Bonchev–Trinajstić information content (AvgIpc) is 2.57. The minimum atomic E-state index is 0.103. The number of rotatable bonds is 7. The number of carbonyl (C=O) groups excluding carboxylic acids is 1. The summed E-state index contributed by atoms with van der Waals surface area (Å²) in [6, 6.07) is 7.64. The lowest BCUT2D eigenvalue weighted by Crippen LogP contribution is -2.32. The third-order valence-electron chi connectivity index (χ3n) is 4.75. The minimum absolute atomic E-state index is 0.103. The predicted molar refractivity (Wildman–Crippen MR) is 94.8 cm³/mol. The van der Waals surface area contributed by atoms with Crippen LogP contribution in [0.2, 0.25) is 0 Å². The van der Waals surface area contributed by atoms with Crippen LogP contribution in [0, 0.1) is 11.8 Å². The van der Waals surface area contributed by atoms with Gasteiger partial charge in [0.15, 0.2) is 0 Å². The van der Waals surface area contributed by atoms with Crippen molar-refractivity contribution in [2.45, 2.75) is 52.6 Å². The van der Waals surface area contributed by atoms with Gasteiger partial charge in [0, 0.05) is 12.1 Å². The van der Waals surface area contributed by atoms with Crippen molar-refractivity contribution in [2.75, 3.05) is 18.4 Å². The lowest BCUT2D eigenvalue weighted by atomic mass is 9.84. The van der Waals surface area contributed by atoms with Gasteiger partial charge in [-0.05, 0) is 75.4 Å². The summed E-state index contributed by atoms with van der Waals surface area (Å²) in [7, 11) is 0. The number of hydrogen-bond donors (Lipinski definition) is 2. The van der Waals surface area contributed by atoms with Crippen LogP contribution < -0.4 is 15.4 Å². The molecule has 0 spiro atoms. The summed E-state index contributed by atoms with van der Waals surface area (Å²) in [5, 5.41) is 6.37. The Morgan fingerprint density at radius 3 is 2.52 bits per heavy atom. The van der Waals surface area contributed by atoms with E-state index in [-0.39, 0.29) is 12.0 Å². The van der Waals surface area contributed by atoms with Gasteiger partial charge in [0.05, 0.1) is 6.10 Å². The van der Waals surface area contributed by atoms with Gasteiger partial charge in [0.25, 0.3) is 0 Å². The molecule has 0 aliphatic carbocycles. The molecule has 0 aromatic heterocycles. The molecule has 23 heavy (non-hydrogen) atoms. The molecule has 1 aromatic carbocycles. The Balaban J connectivity index is 1.80. The molecule has 2 unspecified atom stereocenters. The van der Waals surface area contributed by atoms with Crippen LogP contribution in [0.5, 0.6) is 5.75 Å². The van der Waals surface area contributed by atoms with Crippen molar-refractivity contribution in [2.24, 2.45) is 11.8 Å². The van der Waals surface area contributed by atoms with E-state index in [4.69, 9.17) is 4.74 Å². The Morgan fingerprint density at radius 1 is 1.26 bits per heavy atom. The van der Waals surface area contributed by atoms with E-state index in [1.54, 1.807) is 0 Å². The zero-order valence-corrected chi connectivity index (χ0v) is 14.6. The summed E-state index contributed by atoms with van der Waals surface area (Å²) in [4.78, 5) is 12.2. The second-order valence-electron chi connectivity index (χ2n) is 6.68. The molecule has 1 aliphatic heterocycles. The molecule has 2 N–H and O–H groups in total. The number of hydrogen-bond acceptors (Lipinski definition) is 3. The third kappa shape index (κ3) is 5.87. The van der Waals surface area contributed by atoms with Crippen molar-refractivity contribution in [3.8, 4) is 5.75 Å². The molecular weight excluding hydrogens is 288 g/mol. The van der Waals surface area contributed by atoms with Crippen LogP contribution >= 0.6 is 0 Å². The number of ether oxygens (including phenoxy) is 1. The molecule has 128 valence electrons. The predicted octanol–water partition coefficient (Wildman–Crippen LogP) is 3.83. The summed E-state index contributed by atoms with van der Waals surface area (Å²) in [5.74, 6) is 2.05. The first-order valence-corrected chi connectivity index (χ1v) is 8.85. The molecule has 1 saturated heterocycles. The first-order chi connectivity index (χ1) is 11.1. The van der Waals surface area contributed by atoms with Gasteiger partial charge in [0.2, 0.25) is 5.91 Å². The highest BCUT2D eigenvalue weighted by molar-refractivity contribution is 5.90. The van der Waals surface area contributed by atoms with E-state index in [1.807, 2.05) is 24.3 Å². The van der Waals surface area contributed by atoms with E-state index in [0.29, 0.717) is 18.3 Å². The van der Waals surface area contributed by atoms with E-state index in [2.05, 4.69) is 31.4 Å². The molecule has 2 atom stereocenters. The van der Waals surface area contributed by atoms with Crippen LogP contribution in [0.1, 0.15) is 46.5 Å². The maximum Gasteiger partial charge on any atom is 0.224 e. The van der Waals surface area contributed by atoms with Crippen LogP contribution in [0.25, 0.3) is 0 Å². The molecule has 1 amide bonds. The van der Waals surface area contributed by atoms with Crippen LogP contribution in [-0.4, -0.2) is 25.1 Å². The van der Waals surface area contributed by atoms with Crippen molar-refractivity contribution in [1.82, 2.24) is 5.32 Å². The number of amides is 1. The molecule has 0 saturated carbocycles. The number of nitrogens with one attached hydrogen (secondary N) is 2. The lowest BCUT2D eigenvalue weighted by molar-refractivity contribution is -0.117. The van der Waals surface area contributed by atoms with Gasteiger partial charge in [-0.25, -0.2) is 0 Å². The second-order valence-corrected chi connectivity index (χ2v) is 6.68. The Bertz CT molecular complexity index is 481.